The summed E-state index contributed by atoms with van der Waals surface area (Å²) in [6.07, 6.45) is 3.01. The van der Waals surface area contributed by atoms with Crippen molar-refractivity contribution in [2.75, 3.05) is 0 Å². The van der Waals surface area contributed by atoms with Gasteiger partial charge in [0, 0.05) is 12.8 Å². The number of carbonyl (C=O) groups excluding carboxylic acids is 1. The van der Waals surface area contributed by atoms with Gasteiger partial charge in [0.05, 0.1) is 17.1 Å². The van der Waals surface area contributed by atoms with Crippen molar-refractivity contribution < 1.29 is 4.79 Å². The molecule has 2 aromatic carbocycles. The SMILES string of the molecule is O=C(CCCc1nc2ccccc2c(=O)[nH]1)N/N=C/c1ccccc1. The normalized spacial score (nSPS) is 11.0. The van der Waals surface area contributed by atoms with Gasteiger partial charge < -0.3 is 4.98 Å². The van der Waals surface area contributed by atoms with Crippen LogP contribution in [0.2, 0.25) is 0 Å². The molecule has 3 rings (SSSR count). The molecule has 6 nitrogen and oxygen atoms in total. The highest BCUT2D eigenvalue weighted by Gasteiger charge is 2.05. The molecule has 0 aliphatic rings. The van der Waals surface area contributed by atoms with E-state index in [1.165, 1.54) is 0 Å². The molecule has 0 fully saturated rings. The zero-order valence-corrected chi connectivity index (χ0v) is 13.6. The molecule has 0 saturated heterocycles. The Hall–Kier alpha value is -3.28. The van der Waals surface area contributed by atoms with Crippen LogP contribution >= 0.6 is 0 Å². The van der Waals surface area contributed by atoms with Gasteiger partial charge in [-0.05, 0) is 24.1 Å². The number of aromatic amines is 1. The highest BCUT2D eigenvalue weighted by atomic mass is 16.2. The zero-order chi connectivity index (χ0) is 17.5. The molecule has 2 N–H and O–H groups in total. The lowest BCUT2D eigenvalue weighted by Crippen LogP contribution is -2.18. The van der Waals surface area contributed by atoms with Gasteiger partial charge in [-0.25, -0.2) is 10.4 Å². The van der Waals surface area contributed by atoms with Crippen molar-refractivity contribution in [3.8, 4) is 0 Å². The molecule has 1 heterocycles. The van der Waals surface area contributed by atoms with Crippen LogP contribution < -0.4 is 11.0 Å². The van der Waals surface area contributed by atoms with E-state index in [1.807, 2.05) is 36.4 Å². The van der Waals surface area contributed by atoms with Crippen LogP contribution in [0.1, 0.15) is 24.2 Å². The van der Waals surface area contributed by atoms with Crippen LogP contribution in [-0.4, -0.2) is 22.1 Å². The van der Waals surface area contributed by atoms with E-state index < -0.39 is 0 Å². The Bertz CT molecular complexity index is 948. The number of aromatic nitrogens is 2. The van der Waals surface area contributed by atoms with Crippen molar-refractivity contribution in [1.82, 2.24) is 15.4 Å². The highest BCUT2D eigenvalue weighted by Crippen LogP contribution is 2.07. The van der Waals surface area contributed by atoms with E-state index >= 15 is 0 Å². The number of hydrogen-bond acceptors (Lipinski definition) is 4. The van der Waals surface area contributed by atoms with Gasteiger partial charge in [0.15, 0.2) is 0 Å². The summed E-state index contributed by atoms with van der Waals surface area (Å²) in [7, 11) is 0. The van der Waals surface area contributed by atoms with Gasteiger partial charge >= 0.3 is 0 Å². The quantitative estimate of drug-likeness (QED) is 0.536. The van der Waals surface area contributed by atoms with Crippen LogP contribution in [0.25, 0.3) is 10.9 Å². The lowest BCUT2D eigenvalue weighted by molar-refractivity contribution is -0.121. The van der Waals surface area contributed by atoms with Crippen molar-refractivity contribution in [2.24, 2.45) is 5.10 Å². The molecule has 0 saturated carbocycles. The summed E-state index contributed by atoms with van der Waals surface area (Å²) in [4.78, 5) is 30.9. The Balaban J connectivity index is 1.50. The van der Waals surface area contributed by atoms with Gasteiger partial charge in [-0.2, -0.15) is 5.10 Å². The summed E-state index contributed by atoms with van der Waals surface area (Å²) in [5.74, 6) is 0.416. The number of hydrogen-bond donors (Lipinski definition) is 2. The van der Waals surface area contributed by atoms with E-state index in [1.54, 1.807) is 24.4 Å². The average molecular weight is 334 g/mol. The van der Waals surface area contributed by atoms with E-state index in [-0.39, 0.29) is 11.5 Å². The van der Waals surface area contributed by atoms with E-state index in [9.17, 15) is 9.59 Å². The van der Waals surface area contributed by atoms with Gasteiger partial charge in [0.25, 0.3) is 5.56 Å². The number of H-pyrrole nitrogens is 1. The third kappa shape index (κ3) is 4.60. The van der Waals surface area contributed by atoms with Crippen LogP contribution in [0.4, 0.5) is 0 Å². The van der Waals surface area contributed by atoms with Crippen molar-refractivity contribution in [3.63, 3.8) is 0 Å². The predicted octanol–water partition coefficient (Wildman–Crippen LogP) is 2.40. The third-order valence-corrected chi connectivity index (χ3v) is 3.68. The van der Waals surface area contributed by atoms with Gasteiger partial charge in [-0.1, -0.05) is 42.5 Å². The third-order valence-electron chi connectivity index (χ3n) is 3.68. The number of amides is 1. The van der Waals surface area contributed by atoms with Crippen molar-refractivity contribution >= 4 is 23.0 Å². The number of para-hydroxylation sites is 1. The molecular formula is C19H18N4O2. The summed E-state index contributed by atoms with van der Waals surface area (Å²) in [5.41, 5.74) is 3.92. The largest absolute Gasteiger partial charge is 0.310 e. The van der Waals surface area contributed by atoms with Gasteiger partial charge in [-0.15, -0.1) is 0 Å². The number of benzene rings is 2. The predicted molar refractivity (Wildman–Crippen MR) is 97.5 cm³/mol. The zero-order valence-electron chi connectivity index (χ0n) is 13.6. The maximum absolute atomic E-state index is 12.0. The Morgan fingerprint density at radius 2 is 1.88 bits per heavy atom. The monoisotopic (exact) mass is 334 g/mol. The van der Waals surface area contributed by atoms with Crippen molar-refractivity contribution in [1.29, 1.82) is 0 Å². The summed E-state index contributed by atoms with van der Waals surface area (Å²) in [5, 5.41) is 4.49. The van der Waals surface area contributed by atoms with Crippen LogP contribution in [0, 0.1) is 0 Å². The fraction of sp³-hybridized carbons (Fsp3) is 0.158. The fourth-order valence-corrected chi connectivity index (χ4v) is 2.44. The number of rotatable bonds is 6. The minimum atomic E-state index is -0.171. The lowest BCUT2D eigenvalue weighted by atomic mass is 10.2. The first-order chi connectivity index (χ1) is 12.2. The Labute approximate surface area is 144 Å². The molecule has 1 aromatic heterocycles. The van der Waals surface area contributed by atoms with E-state index in [0.717, 1.165) is 5.56 Å². The first kappa shape index (κ1) is 16.6. The number of hydrazone groups is 1. The summed E-state index contributed by atoms with van der Waals surface area (Å²) >= 11 is 0. The standard InChI is InChI=1S/C19H18N4O2/c24-18(23-20-13-14-7-2-1-3-8-14)12-6-11-17-21-16-10-5-4-9-15(16)19(25)22-17/h1-5,7-10,13H,6,11-12H2,(H,23,24)(H,21,22,25)/b20-13+. The molecule has 3 aromatic rings. The second kappa shape index (κ2) is 8.01. The van der Waals surface area contributed by atoms with Crippen molar-refractivity contribution in [3.05, 3.63) is 76.3 Å². The lowest BCUT2D eigenvalue weighted by Gasteiger charge is -2.03. The number of carbonyl (C=O) groups is 1. The van der Waals surface area contributed by atoms with E-state index in [2.05, 4.69) is 20.5 Å². The van der Waals surface area contributed by atoms with Crippen LogP contribution in [0.15, 0.2) is 64.5 Å². The number of nitrogens with one attached hydrogen (secondary N) is 2. The van der Waals surface area contributed by atoms with Gasteiger partial charge in [0.2, 0.25) is 5.91 Å². The average Bonchev–Trinajstić information content (AvgIpc) is 2.63. The Morgan fingerprint density at radius 3 is 2.72 bits per heavy atom. The van der Waals surface area contributed by atoms with Gasteiger partial charge in [0.1, 0.15) is 5.82 Å². The first-order valence-electron chi connectivity index (χ1n) is 8.07. The maximum Gasteiger partial charge on any atom is 0.258 e. The highest BCUT2D eigenvalue weighted by molar-refractivity contribution is 5.82. The first-order valence-corrected chi connectivity index (χ1v) is 8.07. The molecule has 0 unspecified atom stereocenters. The van der Waals surface area contributed by atoms with Crippen LogP contribution in [0.3, 0.4) is 0 Å². The molecule has 0 bridgehead atoms. The summed E-state index contributed by atoms with van der Waals surface area (Å²) in [6.45, 7) is 0. The van der Waals surface area contributed by atoms with Gasteiger partial charge in [-0.3, -0.25) is 9.59 Å². The molecule has 0 aliphatic heterocycles. The molecule has 126 valence electrons. The number of fused-ring (bicyclic) bond motifs is 1. The number of aryl methyl sites for hydroxylation is 1. The Kier molecular flexibility index (Phi) is 5.31. The molecule has 6 heteroatoms. The molecule has 0 atom stereocenters. The smallest absolute Gasteiger partial charge is 0.258 e. The molecule has 25 heavy (non-hydrogen) atoms. The molecule has 1 amide bonds. The number of nitrogens with zero attached hydrogens (tertiary/aromatic N) is 2. The topological polar surface area (TPSA) is 87.2 Å². The van der Waals surface area contributed by atoms with Crippen molar-refractivity contribution in [2.45, 2.75) is 19.3 Å². The summed E-state index contributed by atoms with van der Waals surface area (Å²) < 4.78 is 0. The van der Waals surface area contributed by atoms with Crippen LogP contribution in [-0.2, 0) is 11.2 Å². The second-order valence-corrected chi connectivity index (χ2v) is 5.59. The molecule has 0 radical (unpaired) electrons. The van der Waals surface area contributed by atoms with E-state index in [4.69, 9.17) is 0 Å². The minimum Gasteiger partial charge on any atom is -0.310 e. The van der Waals surface area contributed by atoms with Crippen LogP contribution in [0.5, 0.6) is 0 Å². The summed E-state index contributed by atoms with van der Waals surface area (Å²) in [6, 6.07) is 16.7. The van der Waals surface area contributed by atoms with E-state index in [0.29, 0.717) is 36.0 Å². The molecular weight excluding hydrogens is 316 g/mol. The fourth-order valence-electron chi connectivity index (χ4n) is 2.44. The Morgan fingerprint density at radius 1 is 1.12 bits per heavy atom. The molecule has 0 aliphatic carbocycles. The maximum atomic E-state index is 12.0. The second-order valence-electron chi connectivity index (χ2n) is 5.59. The minimum absolute atomic E-state index is 0.155. The molecule has 0 spiro atoms.